The van der Waals surface area contributed by atoms with E-state index in [1.54, 1.807) is 6.20 Å². The van der Waals surface area contributed by atoms with Crippen LogP contribution in [0, 0.1) is 11.8 Å². The molecule has 234 valence electrons. The van der Waals surface area contributed by atoms with E-state index in [-0.39, 0.29) is 23.1 Å². The largest absolute Gasteiger partial charge is 0.508 e. The monoisotopic (exact) mass is 605 g/mol. The molecule has 0 radical (unpaired) electrons. The number of carbonyl (C=O) groups is 2. The summed E-state index contributed by atoms with van der Waals surface area (Å²) in [7, 11) is 0. The van der Waals surface area contributed by atoms with Crippen LogP contribution in [0.3, 0.4) is 0 Å². The molecule has 1 atom stereocenters. The zero-order valence-electron chi connectivity index (χ0n) is 24.1. The van der Waals surface area contributed by atoms with Crippen molar-refractivity contribution in [1.29, 1.82) is 0 Å². The Bertz CT molecular complexity index is 1260. The number of aldehydes is 1. The number of anilines is 1. The van der Waals surface area contributed by atoms with E-state index in [1.807, 2.05) is 17.0 Å². The zero-order valence-corrected chi connectivity index (χ0v) is 24.1. The highest BCUT2D eigenvalue weighted by Gasteiger charge is 2.45. The molecule has 5 rings (SSSR count). The molecule has 1 aromatic carbocycles. The van der Waals surface area contributed by atoms with Crippen LogP contribution in [0.4, 0.5) is 23.2 Å². The van der Waals surface area contributed by atoms with Gasteiger partial charge in [0.1, 0.15) is 12.0 Å². The second-order valence-electron chi connectivity index (χ2n) is 12.1. The number of hydrogen-bond donors (Lipinski definition) is 1. The van der Waals surface area contributed by atoms with E-state index in [2.05, 4.69) is 4.98 Å². The number of phenols is 1. The van der Waals surface area contributed by atoms with Gasteiger partial charge in [0.15, 0.2) is 0 Å². The Balaban J connectivity index is 1.24. The number of aromatic nitrogens is 1. The third-order valence-electron chi connectivity index (χ3n) is 9.09. The van der Waals surface area contributed by atoms with Crippen molar-refractivity contribution in [3.8, 4) is 11.6 Å². The SMILES string of the molecule is O=CCC(c1ccnc(OCC2CCN(c3cc(O)ccc3C(=O)N(CC(F)(F)C(F)F)C3CCCC3)CC2)c1)C1CC1. The van der Waals surface area contributed by atoms with Crippen LogP contribution in [-0.4, -0.2) is 71.8 Å². The van der Waals surface area contributed by atoms with Gasteiger partial charge in [-0.25, -0.2) is 13.8 Å². The maximum Gasteiger partial charge on any atom is 0.324 e. The molecule has 3 aliphatic rings. The third-order valence-corrected chi connectivity index (χ3v) is 9.09. The van der Waals surface area contributed by atoms with Crippen molar-refractivity contribution >= 4 is 17.9 Å². The summed E-state index contributed by atoms with van der Waals surface area (Å²) >= 11 is 0. The number of aromatic hydroxyl groups is 1. The molecule has 1 aliphatic heterocycles. The molecule has 3 fully saturated rings. The first-order valence-electron chi connectivity index (χ1n) is 15.2. The fraction of sp³-hybridized carbons (Fsp3) is 0.594. The summed E-state index contributed by atoms with van der Waals surface area (Å²) in [6.07, 6.45) is 5.43. The number of rotatable bonds is 13. The van der Waals surface area contributed by atoms with E-state index in [0.29, 0.717) is 69.3 Å². The van der Waals surface area contributed by atoms with Gasteiger partial charge in [-0.05, 0) is 80.0 Å². The van der Waals surface area contributed by atoms with Crippen molar-refractivity contribution in [3.05, 3.63) is 47.7 Å². The lowest BCUT2D eigenvalue weighted by molar-refractivity contribution is -0.140. The minimum atomic E-state index is -4.32. The first kappa shape index (κ1) is 31.1. The van der Waals surface area contributed by atoms with Gasteiger partial charge < -0.3 is 24.4 Å². The van der Waals surface area contributed by atoms with E-state index in [1.165, 1.54) is 18.2 Å². The third kappa shape index (κ3) is 7.59. The topological polar surface area (TPSA) is 83.0 Å². The Hall–Kier alpha value is -3.37. The van der Waals surface area contributed by atoms with Crippen LogP contribution in [-0.2, 0) is 4.79 Å². The number of amides is 1. The quantitative estimate of drug-likeness (QED) is 0.209. The lowest BCUT2D eigenvalue weighted by Crippen LogP contribution is -2.49. The van der Waals surface area contributed by atoms with E-state index >= 15 is 0 Å². The molecule has 0 spiro atoms. The molecule has 1 unspecified atom stereocenters. The molecule has 2 heterocycles. The second-order valence-corrected chi connectivity index (χ2v) is 12.1. The predicted octanol–water partition coefficient (Wildman–Crippen LogP) is 6.45. The molecule has 43 heavy (non-hydrogen) atoms. The number of carbonyl (C=O) groups excluding carboxylic acids is 2. The predicted molar refractivity (Wildman–Crippen MR) is 153 cm³/mol. The molecular weight excluding hydrogens is 566 g/mol. The molecule has 7 nitrogen and oxygen atoms in total. The van der Waals surface area contributed by atoms with Crippen molar-refractivity contribution in [3.63, 3.8) is 0 Å². The fourth-order valence-electron chi connectivity index (χ4n) is 6.48. The smallest absolute Gasteiger partial charge is 0.324 e. The molecule has 2 aliphatic carbocycles. The Labute approximate surface area is 249 Å². The Morgan fingerprint density at radius 2 is 1.81 bits per heavy atom. The van der Waals surface area contributed by atoms with Gasteiger partial charge in [0.05, 0.1) is 24.4 Å². The molecule has 11 heteroatoms. The number of piperidine rings is 1. The number of pyridine rings is 1. The highest BCUT2D eigenvalue weighted by molar-refractivity contribution is 6.00. The minimum Gasteiger partial charge on any atom is -0.508 e. The Morgan fingerprint density at radius 1 is 1.09 bits per heavy atom. The van der Waals surface area contributed by atoms with Crippen molar-refractivity contribution < 1.29 is 37.0 Å². The van der Waals surface area contributed by atoms with Crippen LogP contribution in [0.5, 0.6) is 11.6 Å². The number of ether oxygens (including phenoxy) is 1. The first-order valence-corrected chi connectivity index (χ1v) is 15.2. The maximum absolute atomic E-state index is 14.2. The summed E-state index contributed by atoms with van der Waals surface area (Å²) < 4.78 is 60.7. The summed E-state index contributed by atoms with van der Waals surface area (Å²) in [5.74, 6) is -3.68. The van der Waals surface area contributed by atoms with Crippen LogP contribution >= 0.6 is 0 Å². The highest BCUT2D eigenvalue weighted by Crippen LogP contribution is 2.44. The number of hydrogen-bond acceptors (Lipinski definition) is 6. The molecule has 1 N–H and O–H groups in total. The van der Waals surface area contributed by atoms with Gasteiger partial charge in [0, 0.05) is 43.9 Å². The number of nitrogens with zero attached hydrogens (tertiary/aromatic N) is 3. The standard InChI is InChI=1S/C32H39F4N3O4/c33-31(34)32(35,36)20-39(24-3-1-2-4-24)30(42)27-8-7-25(41)18-28(27)38-14-10-21(11-15-38)19-43-29-17-23(9-13-37-29)26(12-16-40)22-5-6-22/h7-9,13,16-18,21-22,24,26,31,41H,1-6,10-12,14-15,19-20H2. The van der Waals surface area contributed by atoms with Crippen molar-refractivity contribution in [2.75, 3.05) is 31.1 Å². The maximum atomic E-state index is 14.2. The lowest BCUT2D eigenvalue weighted by Gasteiger charge is -2.36. The second kappa shape index (κ2) is 13.5. The minimum absolute atomic E-state index is 0.0765. The van der Waals surface area contributed by atoms with Gasteiger partial charge >= 0.3 is 12.3 Å². The number of alkyl halides is 4. The molecule has 2 saturated carbocycles. The summed E-state index contributed by atoms with van der Waals surface area (Å²) in [4.78, 5) is 32.0. The van der Waals surface area contributed by atoms with Gasteiger partial charge in [0.2, 0.25) is 5.88 Å². The summed E-state index contributed by atoms with van der Waals surface area (Å²) in [6.45, 7) is 0.158. The first-order chi connectivity index (χ1) is 20.7. The van der Waals surface area contributed by atoms with Gasteiger partial charge in [-0.2, -0.15) is 8.78 Å². The highest BCUT2D eigenvalue weighted by atomic mass is 19.3. The fourth-order valence-corrected chi connectivity index (χ4v) is 6.48. The van der Waals surface area contributed by atoms with E-state index < -0.39 is 30.8 Å². The van der Waals surface area contributed by atoms with Gasteiger partial charge in [-0.15, -0.1) is 0 Å². The van der Waals surface area contributed by atoms with Crippen LogP contribution < -0.4 is 9.64 Å². The van der Waals surface area contributed by atoms with Crippen LogP contribution in [0.1, 0.15) is 79.6 Å². The molecule has 1 aromatic heterocycles. The summed E-state index contributed by atoms with van der Waals surface area (Å²) in [5, 5.41) is 10.2. The van der Waals surface area contributed by atoms with Crippen LogP contribution in [0.2, 0.25) is 0 Å². The lowest BCUT2D eigenvalue weighted by atomic mass is 9.92. The molecular formula is C32H39F4N3O4. The number of phenolic OH excluding ortho intramolecular Hbond substituents is 1. The molecule has 2 aromatic rings. The van der Waals surface area contributed by atoms with Crippen molar-refractivity contribution in [2.45, 2.75) is 82.1 Å². The average Bonchev–Trinajstić information content (AvgIpc) is 3.70. The summed E-state index contributed by atoms with van der Waals surface area (Å²) in [6, 6.07) is 7.47. The van der Waals surface area contributed by atoms with E-state index in [9.17, 15) is 32.3 Å². The normalized spacial score (nSPS) is 19.0. The van der Waals surface area contributed by atoms with Crippen molar-refractivity contribution in [2.24, 2.45) is 11.8 Å². The van der Waals surface area contributed by atoms with Gasteiger partial charge in [-0.3, -0.25) is 4.79 Å². The Kier molecular flexibility index (Phi) is 9.76. The van der Waals surface area contributed by atoms with Crippen LogP contribution in [0.15, 0.2) is 36.5 Å². The zero-order chi connectivity index (χ0) is 30.6. The van der Waals surface area contributed by atoms with E-state index in [0.717, 1.165) is 42.4 Å². The molecule has 1 saturated heterocycles. The van der Waals surface area contributed by atoms with E-state index in [4.69, 9.17) is 4.74 Å². The number of benzene rings is 1. The van der Waals surface area contributed by atoms with Crippen molar-refractivity contribution in [1.82, 2.24) is 9.88 Å². The number of halogens is 4. The van der Waals surface area contributed by atoms with Gasteiger partial charge in [0.25, 0.3) is 5.91 Å². The molecule has 1 amide bonds. The van der Waals surface area contributed by atoms with Crippen LogP contribution in [0.25, 0.3) is 0 Å². The summed E-state index contributed by atoms with van der Waals surface area (Å²) in [5.41, 5.74) is 1.59. The molecule has 0 bridgehead atoms. The average molecular weight is 606 g/mol. The Morgan fingerprint density at radius 3 is 2.47 bits per heavy atom. The van der Waals surface area contributed by atoms with Gasteiger partial charge in [-0.1, -0.05) is 12.8 Å².